The summed E-state index contributed by atoms with van der Waals surface area (Å²) in [5, 5.41) is 5.77. The highest BCUT2D eigenvalue weighted by Gasteiger charge is 2.29. The number of hydrogen-bond acceptors (Lipinski definition) is 3. The van der Waals surface area contributed by atoms with Crippen molar-refractivity contribution in [3.63, 3.8) is 0 Å². The highest BCUT2D eigenvalue weighted by Crippen LogP contribution is 2.14. The molecular formula is C13H23N3O2. The van der Waals surface area contributed by atoms with Crippen LogP contribution in [-0.4, -0.2) is 47.9 Å². The van der Waals surface area contributed by atoms with Gasteiger partial charge in [-0.25, -0.2) is 0 Å². The normalized spacial score (nSPS) is 26.4. The van der Waals surface area contributed by atoms with Crippen LogP contribution in [0.3, 0.4) is 0 Å². The fraction of sp³-hybridized carbons (Fsp3) is 0.846. The largest absolute Gasteiger partial charge is 0.351 e. The van der Waals surface area contributed by atoms with Crippen LogP contribution in [0.5, 0.6) is 0 Å². The van der Waals surface area contributed by atoms with Crippen molar-refractivity contribution < 1.29 is 9.59 Å². The Kier molecular flexibility index (Phi) is 4.22. The molecule has 1 atom stereocenters. The van der Waals surface area contributed by atoms with Crippen LogP contribution in [0, 0.1) is 0 Å². The smallest absolute Gasteiger partial charge is 0.242 e. The van der Waals surface area contributed by atoms with Crippen LogP contribution in [-0.2, 0) is 9.59 Å². The van der Waals surface area contributed by atoms with Crippen molar-refractivity contribution in [2.45, 2.75) is 57.7 Å². The Morgan fingerprint density at radius 3 is 2.50 bits per heavy atom. The van der Waals surface area contributed by atoms with E-state index < -0.39 is 0 Å². The lowest BCUT2D eigenvalue weighted by Crippen LogP contribution is -2.50. The molecule has 0 saturated carbocycles. The van der Waals surface area contributed by atoms with Gasteiger partial charge in [-0.3, -0.25) is 9.59 Å². The predicted octanol–water partition coefficient (Wildman–Crippen LogP) is 0.254. The molecule has 0 aromatic carbocycles. The Labute approximate surface area is 108 Å². The molecule has 2 heterocycles. The third-order valence-electron chi connectivity index (χ3n) is 3.92. The number of carbonyl (C=O) groups excluding carboxylic acids is 2. The second-order valence-electron chi connectivity index (χ2n) is 5.57. The Balaban J connectivity index is 1.74. The first-order valence-corrected chi connectivity index (χ1v) is 6.90. The molecule has 0 aromatic heterocycles. The van der Waals surface area contributed by atoms with E-state index in [9.17, 15) is 9.59 Å². The fourth-order valence-electron chi connectivity index (χ4n) is 2.67. The van der Waals surface area contributed by atoms with Crippen LogP contribution in [0.4, 0.5) is 0 Å². The minimum atomic E-state index is -0.305. The minimum Gasteiger partial charge on any atom is -0.351 e. The van der Waals surface area contributed by atoms with Gasteiger partial charge in [0.1, 0.15) is 6.04 Å². The van der Waals surface area contributed by atoms with Gasteiger partial charge in [0, 0.05) is 31.6 Å². The monoisotopic (exact) mass is 253 g/mol. The Bertz CT molecular complexity index is 322. The zero-order valence-electron chi connectivity index (χ0n) is 11.2. The first-order valence-electron chi connectivity index (χ1n) is 6.90. The van der Waals surface area contributed by atoms with Crippen molar-refractivity contribution in [3.8, 4) is 0 Å². The molecule has 5 heteroatoms. The number of nitrogens with zero attached hydrogens (tertiary/aromatic N) is 1. The van der Waals surface area contributed by atoms with E-state index in [-0.39, 0.29) is 23.9 Å². The summed E-state index contributed by atoms with van der Waals surface area (Å²) in [5.74, 6) is -0.0198. The molecule has 0 aliphatic carbocycles. The van der Waals surface area contributed by atoms with Crippen molar-refractivity contribution in [2.75, 3.05) is 13.1 Å². The summed E-state index contributed by atoms with van der Waals surface area (Å²) in [6.45, 7) is 6.49. The lowest BCUT2D eigenvalue weighted by atomic mass is 10.0. The molecule has 2 aliphatic heterocycles. The molecule has 2 N–H and O–H groups in total. The van der Waals surface area contributed by atoms with Gasteiger partial charge in [-0.05, 0) is 33.1 Å². The summed E-state index contributed by atoms with van der Waals surface area (Å²) >= 11 is 0. The third kappa shape index (κ3) is 3.22. The maximum atomic E-state index is 11.9. The number of carbonyl (C=O) groups is 2. The standard InChI is InChI=1S/C13H23N3O2/c1-9(2)16-7-5-10(6-8-16)14-13(18)11-3-4-12(17)15-11/h9-11H,3-8H2,1-2H3,(H,14,18)(H,15,17). The number of hydrogen-bond donors (Lipinski definition) is 2. The number of likely N-dealkylation sites (tertiary alicyclic amines) is 1. The SMILES string of the molecule is CC(C)N1CCC(NC(=O)C2CCC(=O)N2)CC1. The van der Waals surface area contributed by atoms with E-state index in [1.54, 1.807) is 0 Å². The molecule has 18 heavy (non-hydrogen) atoms. The quantitative estimate of drug-likeness (QED) is 0.758. The topological polar surface area (TPSA) is 61.4 Å². The molecule has 2 saturated heterocycles. The zero-order chi connectivity index (χ0) is 13.1. The van der Waals surface area contributed by atoms with Gasteiger partial charge in [0.05, 0.1) is 0 Å². The molecule has 0 aromatic rings. The summed E-state index contributed by atoms with van der Waals surface area (Å²) < 4.78 is 0. The summed E-state index contributed by atoms with van der Waals surface area (Å²) in [7, 11) is 0. The molecule has 2 fully saturated rings. The number of nitrogens with one attached hydrogen (secondary N) is 2. The van der Waals surface area contributed by atoms with Crippen molar-refractivity contribution in [1.82, 2.24) is 15.5 Å². The fourth-order valence-corrected chi connectivity index (χ4v) is 2.67. The van der Waals surface area contributed by atoms with Gasteiger partial charge in [0.2, 0.25) is 11.8 Å². The molecule has 0 radical (unpaired) electrons. The second-order valence-corrected chi connectivity index (χ2v) is 5.57. The number of amides is 2. The van der Waals surface area contributed by atoms with E-state index in [1.165, 1.54) is 0 Å². The summed E-state index contributed by atoms with van der Waals surface area (Å²) in [5.41, 5.74) is 0. The van der Waals surface area contributed by atoms with Crippen molar-refractivity contribution >= 4 is 11.8 Å². The van der Waals surface area contributed by atoms with Gasteiger partial charge in [-0.1, -0.05) is 0 Å². The van der Waals surface area contributed by atoms with E-state index in [0.717, 1.165) is 25.9 Å². The first kappa shape index (κ1) is 13.3. The Morgan fingerprint density at radius 2 is 2.00 bits per heavy atom. The van der Waals surface area contributed by atoms with Gasteiger partial charge in [0.25, 0.3) is 0 Å². The molecule has 1 unspecified atom stereocenters. The first-order chi connectivity index (χ1) is 8.56. The maximum absolute atomic E-state index is 11.9. The van der Waals surface area contributed by atoms with Gasteiger partial charge < -0.3 is 15.5 Å². The van der Waals surface area contributed by atoms with E-state index in [0.29, 0.717) is 18.9 Å². The Morgan fingerprint density at radius 1 is 1.33 bits per heavy atom. The maximum Gasteiger partial charge on any atom is 0.242 e. The summed E-state index contributed by atoms with van der Waals surface area (Å²) in [4.78, 5) is 25.4. The third-order valence-corrected chi connectivity index (χ3v) is 3.92. The number of rotatable bonds is 3. The van der Waals surface area contributed by atoms with Crippen LogP contribution in [0.1, 0.15) is 39.5 Å². The Hall–Kier alpha value is -1.10. The lowest BCUT2D eigenvalue weighted by Gasteiger charge is -2.35. The molecule has 2 rings (SSSR count). The molecule has 102 valence electrons. The van der Waals surface area contributed by atoms with E-state index in [2.05, 4.69) is 29.4 Å². The van der Waals surface area contributed by atoms with Crippen LogP contribution >= 0.6 is 0 Å². The molecule has 5 nitrogen and oxygen atoms in total. The molecule has 2 aliphatic rings. The van der Waals surface area contributed by atoms with E-state index in [1.807, 2.05) is 0 Å². The van der Waals surface area contributed by atoms with Crippen molar-refractivity contribution in [2.24, 2.45) is 0 Å². The van der Waals surface area contributed by atoms with Crippen LogP contribution in [0.2, 0.25) is 0 Å². The highest BCUT2D eigenvalue weighted by molar-refractivity contribution is 5.90. The van der Waals surface area contributed by atoms with Crippen LogP contribution in [0.15, 0.2) is 0 Å². The molecule has 0 bridgehead atoms. The van der Waals surface area contributed by atoms with Gasteiger partial charge in [-0.15, -0.1) is 0 Å². The highest BCUT2D eigenvalue weighted by atomic mass is 16.2. The average Bonchev–Trinajstić information content (AvgIpc) is 2.76. The zero-order valence-corrected chi connectivity index (χ0v) is 11.2. The van der Waals surface area contributed by atoms with Gasteiger partial charge in [0.15, 0.2) is 0 Å². The minimum absolute atomic E-state index is 0.00947. The van der Waals surface area contributed by atoms with Gasteiger partial charge in [-0.2, -0.15) is 0 Å². The molecular weight excluding hydrogens is 230 g/mol. The van der Waals surface area contributed by atoms with E-state index in [4.69, 9.17) is 0 Å². The molecule has 2 amide bonds. The van der Waals surface area contributed by atoms with Crippen molar-refractivity contribution in [1.29, 1.82) is 0 Å². The van der Waals surface area contributed by atoms with Crippen LogP contribution < -0.4 is 10.6 Å². The average molecular weight is 253 g/mol. The molecule has 0 spiro atoms. The van der Waals surface area contributed by atoms with Gasteiger partial charge >= 0.3 is 0 Å². The second kappa shape index (κ2) is 5.69. The summed E-state index contributed by atoms with van der Waals surface area (Å²) in [6.07, 6.45) is 3.12. The van der Waals surface area contributed by atoms with Crippen LogP contribution in [0.25, 0.3) is 0 Å². The number of piperidine rings is 1. The predicted molar refractivity (Wildman–Crippen MR) is 69.0 cm³/mol. The van der Waals surface area contributed by atoms with E-state index >= 15 is 0 Å². The summed E-state index contributed by atoms with van der Waals surface area (Å²) in [6, 6.07) is 0.543. The van der Waals surface area contributed by atoms with Crippen molar-refractivity contribution in [3.05, 3.63) is 0 Å². The lowest BCUT2D eigenvalue weighted by molar-refractivity contribution is -0.126.